The van der Waals surface area contributed by atoms with Gasteiger partial charge in [0.15, 0.2) is 5.95 Å². The molecule has 0 saturated carbocycles. The van der Waals surface area contributed by atoms with E-state index in [-0.39, 0.29) is 11.9 Å². The summed E-state index contributed by atoms with van der Waals surface area (Å²) in [5, 5.41) is 9.77. The van der Waals surface area contributed by atoms with Crippen LogP contribution in [0.15, 0.2) is 12.4 Å². The molecule has 0 aromatic carbocycles. The highest BCUT2D eigenvalue weighted by Crippen LogP contribution is 2.18. The van der Waals surface area contributed by atoms with Crippen LogP contribution in [0.3, 0.4) is 0 Å². The van der Waals surface area contributed by atoms with Gasteiger partial charge in [0.2, 0.25) is 0 Å². The molecule has 1 unspecified atom stereocenters. The lowest BCUT2D eigenvalue weighted by molar-refractivity contribution is 0.286. The van der Waals surface area contributed by atoms with Gasteiger partial charge in [-0.1, -0.05) is 103 Å². The van der Waals surface area contributed by atoms with Crippen LogP contribution in [-0.2, 0) is 6.54 Å². The Kier molecular flexibility index (Phi) is 17.5. The molecule has 0 aliphatic rings. The number of nitrogen functional groups attached to an aromatic ring is 1. The molecule has 1 aromatic rings. The van der Waals surface area contributed by atoms with Crippen LogP contribution in [0.5, 0.6) is 0 Å². The second-order valence-corrected chi connectivity index (χ2v) is 9.82. The molecule has 0 saturated heterocycles. The number of nitrogens with two attached hydrogens (primary N) is 1. The van der Waals surface area contributed by atoms with Crippen LogP contribution >= 0.6 is 11.8 Å². The third-order valence-corrected chi connectivity index (χ3v) is 7.00. The van der Waals surface area contributed by atoms with Crippen LogP contribution < -0.4 is 5.73 Å². The zero-order valence-corrected chi connectivity index (χ0v) is 19.8. The SMILES string of the molecule is CCCCCCCCCCCCCCCCCCSC(CO)Cn1ccnc1N. The lowest BCUT2D eigenvalue weighted by Gasteiger charge is -2.15. The predicted molar refractivity (Wildman–Crippen MR) is 130 cm³/mol. The number of hydrogen-bond donors (Lipinski definition) is 2. The number of nitrogens with zero attached hydrogens (tertiary/aromatic N) is 2. The minimum Gasteiger partial charge on any atom is -0.395 e. The summed E-state index contributed by atoms with van der Waals surface area (Å²) in [7, 11) is 0. The van der Waals surface area contributed by atoms with E-state index in [4.69, 9.17) is 5.73 Å². The van der Waals surface area contributed by atoms with Gasteiger partial charge in [-0.2, -0.15) is 11.8 Å². The standard InChI is InChI=1S/C24H47N3OS/c1-2-3-4-5-6-7-8-9-10-11-12-13-14-15-16-17-20-29-23(22-28)21-27-19-18-26-24(27)25/h18-19,23,28H,2-17,20-22H2,1H3,(H2,25,26). The monoisotopic (exact) mass is 425 g/mol. The average Bonchev–Trinajstić information content (AvgIpc) is 3.13. The third kappa shape index (κ3) is 14.9. The molecule has 1 heterocycles. The first-order chi connectivity index (χ1) is 14.3. The van der Waals surface area contributed by atoms with Gasteiger partial charge in [0.1, 0.15) is 0 Å². The Balaban J connectivity index is 1.80. The van der Waals surface area contributed by atoms with Crippen molar-refractivity contribution in [1.82, 2.24) is 9.55 Å². The van der Waals surface area contributed by atoms with Crippen molar-refractivity contribution in [2.24, 2.45) is 0 Å². The first-order valence-electron chi connectivity index (χ1n) is 12.3. The highest BCUT2D eigenvalue weighted by molar-refractivity contribution is 7.99. The smallest absolute Gasteiger partial charge is 0.200 e. The van der Waals surface area contributed by atoms with Crippen molar-refractivity contribution in [1.29, 1.82) is 0 Å². The van der Waals surface area contributed by atoms with E-state index < -0.39 is 0 Å². The summed E-state index contributed by atoms with van der Waals surface area (Å²) in [6.07, 6.45) is 26.1. The molecular weight excluding hydrogens is 378 g/mol. The van der Waals surface area contributed by atoms with Gasteiger partial charge in [0.25, 0.3) is 0 Å². The summed E-state index contributed by atoms with van der Waals surface area (Å²) in [5.74, 6) is 1.66. The number of anilines is 1. The van der Waals surface area contributed by atoms with Crippen molar-refractivity contribution in [3.63, 3.8) is 0 Å². The van der Waals surface area contributed by atoms with Crippen LogP contribution in [-0.4, -0.2) is 32.3 Å². The first-order valence-corrected chi connectivity index (χ1v) is 13.3. The maximum atomic E-state index is 9.56. The summed E-state index contributed by atoms with van der Waals surface area (Å²) in [5.41, 5.74) is 5.80. The molecule has 1 rings (SSSR count). The van der Waals surface area contributed by atoms with E-state index in [1.807, 2.05) is 22.5 Å². The van der Waals surface area contributed by atoms with Crippen LogP contribution in [0.4, 0.5) is 5.95 Å². The Morgan fingerprint density at radius 3 is 1.76 bits per heavy atom. The molecule has 1 atom stereocenters. The minimum atomic E-state index is 0.196. The normalized spacial score (nSPS) is 12.5. The zero-order chi connectivity index (χ0) is 21.0. The second-order valence-electron chi connectivity index (χ2n) is 8.42. The number of aliphatic hydroxyl groups is 1. The Morgan fingerprint density at radius 2 is 1.34 bits per heavy atom. The Hall–Kier alpha value is -0.680. The quantitative estimate of drug-likeness (QED) is 0.212. The van der Waals surface area contributed by atoms with Crippen molar-refractivity contribution in [2.75, 3.05) is 18.1 Å². The van der Waals surface area contributed by atoms with Crippen LogP contribution in [0.25, 0.3) is 0 Å². The fourth-order valence-electron chi connectivity index (χ4n) is 3.78. The van der Waals surface area contributed by atoms with Gasteiger partial charge in [0, 0.05) is 24.2 Å². The maximum absolute atomic E-state index is 9.56. The highest BCUT2D eigenvalue weighted by atomic mass is 32.2. The molecule has 0 amide bonds. The average molecular weight is 426 g/mol. The third-order valence-electron chi connectivity index (χ3n) is 5.70. The number of unbranched alkanes of at least 4 members (excludes halogenated alkanes) is 15. The summed E-state index contributed by atoms with van der Waals surface area (Å²) >= 11 is 1.86. The van der Waals surface area contributed by atoms with E-state index >= 15 is 0 Å². The Bertz CT molecular complexity index is 467. The molecule has 29 heavy (non-hydrogen) atoms. The highest BCUT2D eigenvalue weighted by Gasteiger charge is 2.10. The molecule has 5 heteroatoms. The van der Waals surface area contributed by atoms with Gasteiger partial charge in [-0.3, -0.25) is 0 Å². The fourth-order valence-corrected chi connectivity index (χ4v) is 4.85. The summed E-state index contributed by atoms with van der Waals surface area (Å²) in [6.45, 7) is 3.22. The van der Waals surface area contributed by atoms with Crippen molar-refractivity contribution in [3.8, 4) is 0 Å². The fraction of sp³-hybridized carbons (Fsp3) is 0.875. The van der Waals surface area contributed by atoms with Crippen LogP contribution in [0, 0.1) is 0 Å². The summed E-state index contributed by atoms with van der Waals surface area (Å²) in [4.78, 5) is 4.04. The Morgan fingerprint density at radius 1 is 0.862 bits per heavy atom. The van der Waals surface area contributed by atoms with E-state index in [0.717, 1.165) is 12.3 Å². The molecule has 0 bridgehead atoms. The van der Waals surface area contributed by atoms with E-state index in [1.54, 1.807) is 6.20 Å². The molecular formula is C24H47N3OS. The number of thioether (sulfide) groups is 1. The van der Waals surface area contributed by atoms with Gasteiger partial charge in [-0.05, 0) is 12.2 Å². The molecule has 0 spiro atoms. The molecule has 170 valence electrons. The largest absolute Gasteiger partial charge is 0.395 e. The van der Waals surface area contributed by atoms with Crippen molar-refractivity contribution in [3.05, 3.63) is 12.4 Å². The minimum absolute atomic E-state index is 0.196. The molecule has 4 nitrogen and oxygen atoms in total. The lowest BCUT2D eigenvalue weighted by atomic mass is 10.0. The molecule has 3 N–H and O–H groups in total. The van der Waals surface area contributed by atoms with E-state index in [2.05, 4.69) is 11.9 Å². The topological polar surface area (TPSA) is 64.1 Å². The van der Waals surface area contributed by atoms with Gasteiger partial charge in [0.05, 0.1) is 6.61 Å². The molecule has 0 fully saturated rings. The van der Waals surface area contributed by atoms with E-state index in [0.29, 0.717) is 5.95 Å². The van der Waals surface area contributed by atoms with Crippen LogP contribution in [0.1, 0.15) is 110 Å². The first kappa shape index (κ1) is 26.4. The number of imidazole rings is 1. The van der Waals surface area contributed by atoms with Crippen molar-refractivity contribution < 1.29 is 5.11 Å². The van der Waals surface area contributed by atoms with E-state index in [9.17, 15) is 5.11 Å². The molecule has 0 radical (unpaired) electrons. The van der Waals surface area contributed by atoms with Gasteiger partial charge < -0.3 is 15.4 Å². The molecule has 0 aliphatic heterocycles. The van der Waals surface area contributed by atoms with Crippen molar-refractivity contribution >= 4 is 17.7 Å². The predicted octanol–water partition coefficient (Wildman–Crippen LogP) is 6.82. The zero-order valence-electron chi connectivity index (χ0n) is 19.0. The number of rotatable bonds is 21. The summed E-state index contributed by atoms with van der Waals surface area (Å²) < 4.78 is 1.92. The van der Waals surface area contributed by atoms with Gasteiger partial charge in [-0.25, -0.2) is 4.98 Å². The molecule has 0 aliphatic carbocycles. The van der Waals surface area contributed by atoms with Crippen molar-refractivity contribution in [2.45, 2.75) is 121 Å². The summed E-state index contributed by atoms with van der Waals surface area (Å²) in [6, 6.07) is 0. The number of aliphatic hydroxyl groups excluding tert-OH is 1. The molecule has 1 aromatic heterocycles. The second kappa shape index (κ2) is 19.3. The lowest BCUT2D eigenvalue weighted by Crippen LogP contribution is -2.18. The van der Waals surface area contributed by atoms with Gasteiger partial charge in [-0.15, -0.1) is 0 Å². The number of aromatic nitrogens is 2. The maximum Gasteiger partial charge on any atom is 0.200 e. The van der Waals surface area contributed by atoms with Crippen LogP contribution in [0.2, 0.25) is 0 Å². The number of hydrogen-bond acceptors (Lipinski definition) is 4. The Labute approximate surface area is 184 Å². The van der Waals surface area contributed by atoms with E-state index in [1.165, 1.54) is 103 Å². The van der Waals surface area contributed by atoms with Gasteiger partial charge >= 0.3 is 0 Å².